The molecule has 2 rings (SSSR count). The van der Waals surface area contributed by atoms with E-state index in [1.54, 1.807) is 0 Å². The van der Waals surface area contributed by atoms with Crippen LogP contribution in [0.15, 0.2) is 24.3 Å². The first-order chi connectivity index (χ1) is 11.5. The Morgan fingerprint density at radius 1 is 1.33 bits per heavy atom. The molecular formula is C19H27N3O2. The van der Waals surface area contributed by atoms with Gasteiger partial charge in [-0.3, -0.25) is 4.79 Å². The summed E-state index contributed by atoms with van der Waals surface area (Å²) in [6.45, 7) is 3.56. The summed E-state index contributed by atoms with van der Waals surface area (Å²) in [5, 5.41) is 12.5. The minimum atomic E-state index is -0.943. The van der Waals surface area contributed by atoms with Crippen LogP contribution in [-0.4, -0.2) is 44.7 Å². The molecule has 1 atom stereocenters. The van der Waals surface area contributed by atoms with E-state index in [-0.39, 0.29) is 11.9 Å². The van der Waals surface area contributed by atoms with Gasteiger partial charge in [-0.1, -0.05) is 31.2 Å². The molecule has 1 N–H and O–H groups in total. The Labute approximate surface area is 144 Å². The van der Waals surface area contributed by atoms with E-state index in [2.05, 4.69) is 47.5 Å². The summed E-state index contributed by atoms with van der Waals surface area (Å²) in [6.07, 6.45) is 1.94. The van der Waals surface area contributed by atoms with Crippen molar-refractivity contribution in [1.29, 1.82) is 5.26 Å². The summed E-state index contributed by atoms with van der Waals surface area (Å²) in [6, 6.07) is 10.8. The number of aryl methyl sites for hydroxylation is 1. The topological polar surface area (TPSA) is 65.4 Å². The number of likely N-dealkylation sites (N-methyl/N-ethyl adjacent to an activating group) is 1. The standard InChI is InChI=1S/C19H27N3O2/c1-4-15-5-7-16(8-6-15)17(22(2)3)13-21-18(23)19(14-20)9-11-24-12-10-19/h5-8,17H,4,9-13H2,1-3H3,(H,21,23)/t17-/m0/s1. The van der Waals surface area contributed by atoms with E-state index in [1.165, 1.54) is 5.56 Å². The second kappa shape index (κ2) is 8.27. The number of nitriles is 1. The first kappa shape index (κ1) is 18.4. The fraction of sp³-hybridized carbons (Fsp3) is 0.579. The Balaban J connectivity index is 2.05. The molecule has 5 nitrogen and oxygen atoms in total. The molecule has 1 heterocycles. The molecule has 0 aliphatic carbocycles. The molecule has 24 heavy (non-hydrogen) atoms. The van der Waals surface area contributed by atoms with E-state index in [0.29, 0.717) is 32.6 Å². The molecule has 1 aromatic carbocycles. The van der Waals surface area contributed by atoms with Crippen LogP contribution < -0.4 is 5.32 Å². The highest BCUT2D eigenvalue weighted by atomic mass is 16.5. The molecule has 1 aromatic rings. The van der Waals surface area contributed by atoms with Crippen LogP contribution >= 0.6 is 0 Å². The van der Waals surface area contributed by atoms with Crippen molar-refractivity contribution < 1.29 is 9.53 Å². The third-order valence-corrected chi connectivity index (χ3v) is 4.85. The zero-order chi connectivity index (χ0) is 17.6. The number of ether oxygens (including phenoxy) is 1. The monoisotopic (exact) mass is 329 g/mol. The fourth-order valence-electron chi connectivity index (χ4n) is 3.04. The van der Waals surface area contributed by atoms with Gasteiger partial charge in [0.05, 0.1) is 12.1 Å². The third kappa shape index (κ3) is 4.14. The molecule has 1 aliphatic rings. The van der Waals surface area contributed by atoms with Crippen molar-refractivity contribution in [3.8, 4) is 6.07 Å². The number of benzene rings is 1. The van der Waals surface area contributed by atoms with Crippen molar-refractivity contribution in [3.63, 3.8) is 0 Å². The molecule has 0 radical (unpaired) electrons. The highest BCUT2D eigenvalue weighted by molar-refractivity contribution is 5.85. The van der Waals surface area contributed by atoms with Gasteiger partial charge in [0, 0.05) is 19.8 Å². The summed E-state index contributed by atoms with van der Waals surface area (Å²) in [5.74, 6) is -0.176. The Bertz CT molecular complexity index is 584. The first-order valence-electron chi connectivity index (χ1n) is 8.55. The van der Waals surface area contributed by atoms with Crippen molar-refractivity contribution in [2.24, 2.45) is 5.41 Å². The van der Waals surface area contributed by atoms with Crippen LogP contribution in [0.3, 0.4) is 0 Å². The van der Waals surface area contributed by atoms with Gasteiger partial charge in [-0.15, -0.1) is 0 Å². The zero-order valence-electron chi connectivity index (χ0n) is 14.8. The van der Waals surface area contributed by atoms with Gasteiger partial charge < -0.3 is 15.0 Å². The van der Waals surface area contributed by atoms with Gasteiger partial charge in [-0.2, -0.15) is 5.26 Å². The van der Waals surface area contributed by atoms with Crippen LogP contribution in [0.25, 0.3) is 0 Å². The lowest BCUT2D eigenvalue weighted by Gasteiger charge is -2.31. The van der Waals surface area contributed by atoms with Crippen LogP contribution in [0.1, 0.15) is 36.9 Å². The lowest BCUT2D eigenvalue weighted by Crippen LogP contribution is -2.46. The molecule has 1 fully saturated rings. The van der Waals surface area contributed by atoms with Crippen LogP contribution in [0.2, 0.25) is 0 Å². The average Bonchev–Trinajstić information content (AvgIpc) is 2.62. The Hall–Kier alpha value is -1.90. The summed E-state index contributed by atoms with van der Waals surface area (Å²) < 4.78 is 5.29. The molecule has 1 aliphatic heterocycles. The number of hydrogen-bond acceptors (Lipinski definition) is 4. The largest absolute Gasteiger partial charge is 0.381 e. The van der Waals surface area contributed by atoms with Gasteiger partial charge >= 0.3 is 0 Å². The van der Waals surface area contributed by atoms with Crippen molar-refractivity contribution in [1.82, 2.24) is 10.2 Å². The molecule has 0 spiro atoms. The van der Waals surface area contributed by atoms with E-state index in [4.69, 9.17) is 4.74 Å². The number of hydrogen-bond donors (Lipinski definition) is 1. The second-order valence-electron chi connectivity index (χ2n) is 6.59. The van der Waals surface area contributed by atoms with Gasteiger partial charge in [0.25, 0.3) is 0 Å². The zero-order valence-corrected chi connectivity index (χ0v) is 14.8. The van der Waals surface area contributed by atoms with E-state index in [1.807, 2.05) is 14.1 Å². The normalized spacial score (nSPS) is 18.0. The average molecular weight is 329 g/mol. The number of carbonyl (C=O) groups is 1. The number of amides is 1. The Morgan fingerprint density at radius 2 is 1.96 bits per heavy atom. The quantitative estimate of drug-likeness (QED) is 0.869. The molecule has 1 saturated heterocycles. The molecule has 0 unspecified atom stereocenters. The number of nitrogens with zero attached hydrogens (tertiary/aromatic N) is 2. The van der Waals surface area contributed by atoms with Gasteiger partial charge in [-0.25, -0.2) is 0 Å². The van der Waals surface area contributed by atoms with Crippen molar-refractivity contribution in [2.75, 3.05) is 33.9 Å². The molecule has 1 amide bonds. The Morgan fingerprint density at radius 3 is 2.46 bits per heavy atom. The maximum atomic E-state index is 12.6. The summed E-state index contributed by atoms with van der Waals surface area (Å²) in [7, 11) is 4.00. The van der Waals surface area contributed by atoms with Crippen molar-refractivity contribution >= 4 is 5.91 Å². The number of nitrogens with one attached hydrogen (secondary N) is 1. The molecule has 0 saturated carbocycles. The summed E-state index contributed by atoms with van der Waals surface area (Å²) in [5.41, 5.74) is 1.52. The predicted molar refractivity (Wildman–Crippen MR) is 93.4 cm³/mol. The highest BCUT2D eigenvalue weighted by Gasteiger charge is 2.40. The molecular weight excluding hydrogens is 302 g/mol. The lowest BCUT2D eigenvalue weighted by molar-refractivity contribution is -0.132. The second-order valence-corrected chi connectivity index (χ2v) is 6.59. The van der Waals surface area contributed by atoms with Gasteiger partial charge in [0.2, 0.25) is 5.91 Å². The lowest BCUT2D eigenvalue weighted by atomic mass is 9.81. The van der Waals surface area contributed by atoms with Crippen LogP contribution in [0.5, 0.6) is 0 Å². The number of rotatable bonds is 6. The van der Waals surface area contributed by atoms with E-state index < -0.39 is 5.41 Å². The molecule has 130 valence electrons. The first-order valence-corrected chi connectivity index (χ1v) is 8.55. The molecule has 0 aromatic heterocycles. The maximum Gasteiger partial charge on any atom is 0.240 e. The minimum absolute atomic E-state index is 0.0791. The highest BCUT2D eigenvalue weighted by Crippen LogP contribution is 2.30. The smallest absolute Gasteiger partial charge is 0.240 e. The molecule has 0 bridgehead atoms. The Kier molecular flexibility index (Phi) is 6.36. The summed E-state index contributed by atoms with van der Waals surface area (Å²) in [4.78, 5) is 14.7. The predicted octanol–water partition coefficient (Wildman–Crippen LogP) is 2.29. The van der Waals surface area contributed by atoms with Gasteiger partial charge in [-0.05, 0) is 44.5 Å². The van der Waals surface area contributed by atoms with Crippen LogP contribution in [0.4, 0.5) is 0 Å². The fourth-order valence-corrected chi connectivity index (χ4v) is 3.04. The van der Waals surface area contributed by atoms with E-state index >= 15 is 0 Å². The number of carbonyl (C=O) groups excluding carboxylic acids is 1. The van der Waals surface area contributed by atoms with E-state index in [9.17, 15) is 10.1 Å². The van der Waals surface area contributed by atoms with Crippen LogP contribution in [0, 0.1) is 16.7 Å². The van der Waals surface area contributed by atoms with E-state index in [0.717, 1.165) is 12.0 Å². The maximum absolute atomic E-state index is 12.6. The minimum Gasteiger partial charge on any atom is -0.381 e. The molecule has 5 heteroatoms. The van der Waals surface area contributed by atoms with Crippen LogP contribution in [-0.2, 0) is 16.0 Å². The third-order valence-electron chi connectivity index (χ3n) is 4.85. The van der Waals surface area contributed by atoms with Gasteiger partial charge in [0.15, 0.2) is 0 Å². The van der Waals surface area contributed by atoms with Crippen molar-refractivity contribution in [2.45, 2.75) is 32.2 Å². The van der Waals surface area contributed by atoms with Gasteiger partial charge in [0.1, 0.15) is 5.41 Å². The van der Waals surface area contributed by atoms with Crippen molar-refractivity contribution in [3.05, 3.63) is 35.4 Å². The SMILES string of the molecule is CCc1ccc([C@H](CNC(=O)C2(C#N)CCOCC2)N(C)C)cc1. The summed E-state index contributed by atoms with van der Waals surface area (Å²) >= 11 is 0.